The highest BCUT2D eigenvalue weighted by Crippen LogP contribution is 2.33. The molecule has 0 saturated heterocycles. The Morgan fingerprint density at radius 2 is 1.90 bits per heavy atom. The normalized spacial score (nSPS) is 11.7. The predicted molar refractivity (Wildman–Crippen MR) is 79.4 cm³/mol. The Bertz CT molecular complexity index is 581. The van der Waals surface area contributed by atoms with E-state index in [1.165, 1.54) is 16.2 Å². The molecule has 2 rings (SSSR count). The third-order valence-corrected chi connectivity index (χ3v) is 4.17. The Morgan fingerprint density at radius 1 is 1.24 bits per heavy atom. The first kappa shape index (κ1) is 15.8. The zero-order chi connectivity index (χ0) is 15.5. The molecule has 0 bridgehead atoms. The molecule has 1 heterocycles. The van der Waals surface area contributed by atoms with Crippen LogP contribution in [0.5, 0.6) is 0 Å². The van der Waals surface area contributed by atoms with Crippen LogP contribution >= 0.6 is 11.3 Å². The van der Waals surface area contributed by atoms with Crippen molar-refractivity contribution in [2.45, 2.75) is 19.1 Å². The summed E-state index contributed by atoms with van der Waals surface area (Å²) in [5, 5.41) is 0.554. The van der Waals surface area contributed by atoms with Crippen LogP contribution < -0.4 is 10.6 Å². The quantitative estimate of drug-likeness (QED) is 0.915. The van der Waals surface area contributed by atoms with E-state index in [4.69, 9.17) is 5.73 Å². The molecule has 0 aliphatic heterocycles. The molecule has 2 aromatic rings. The Morgan fingerprint density at radius 3 is 2.48 bits per heavy atom. The predicted octanol–water partition coefficient (Wildman–Crippen LogP) is 3.66. The van der Waals surface area contributed by atoms with Gasteiger partial charge in [0.05, 0.1) is 12.1 Å². The summed E-state index contributed by atoms with van der Waals surface area (Å²) < 4.78 is 36.9. The van der Waals surface area contributed by atoms with Crippen LogP contribution in [0.25, 0.3) is 11.3 Å². The van der Waals surface area contributed by atoms with Crippen LogP contribution in [0.2, 0.25) is 0 Å². The first-order valence-electron chi connectivity index (χ1n) is 6.44. The summed E-state index contributed by atoms with van der Waals surface area (Å²) in [6, 6.07) is 9.50. The van der Waals surface area contributed by atoms with E-state index in [9.17, 15) is 13.2 Å². The fourth-order valence-corrected chi connectivity index (χ4v) is 2.80. The largest absolute Gasteiger partial charge is 0.390 e. The fraction of sp³-hybridized carbons (Fsp3) is 0.357. The molecule has 0 radical (unpaired) electrons. The van der Waals surface area contributed by atoms with Gasteiger partial charge in [0.1, 0.15) is 0 Å². The SMILES string of the molecule is CN(CCC(F)(F)F)c1nc(-c2ccccc2)c(CN)s1. The Labute approximate surface area is 125 Å². The highest BCUT2D eigenvalue weighted by Gasteiger charge is 2.27. The lowest BCUT2D eigenvalue weighted by Gasteiger charge is -2.16. The number of thiazole rings is 1. The van der Waals surface area contributed by atoms with Crippen LogP contribution in [0.1, 0.15) is 11.3 Å². The van der Waals surface area contributed by atoms with Crippen molar-refractivity contribution in [2.75, 3.05) is 18.5 Å². The molecule has 2 N–H and O–H groups in total. The molecular weight excluding hydrogens is 299 g/mol. The summed E-state index contributed by atoms with van der Waals surface area (Å²) in [6.07, 6.45) is -5.02. The van der Waals surface area contributed by atoms with Gasteiger partial charge < -0.3 is 10.6 Å². The van der Waals surface area contributed by atoms with Crippen LogP contribution in [0.15, 0.2) is 30.3 Å². The molecule has 0 aliphatic carbocycles. The van der Waals surface area contributed by atoms with Gasteiger partial charge >= 0.3 is 6.18 Å². The zero-order valence-electron chi connectivity index (χ0n) is 11.5. The smallest absolute Gasteiger partial charge is 0.351 e. The molecule has 1 aromatic heterocycles. The minimum atomic E-state index is -4.16. The number of benzene rings is 1. The van der Waals surface area contributed by atoms with Gasteiger partial charge in [-0.1, -0.05) is 41.7 Å². The summed E-state index contributed by atoms with van der Waals surface area (Å²) in [7, 11) is 1.61. The van der Waals surface area contributed by atoms with E-state index in [1.54, 1.807) is 7.05 Å². The second kappa shape index (κ2) is 6.44. The molecule has 0 amide bonds. The Balaban J connectivity index is 2.21. The van der Waals surface area contributed by atoms with E-state index in [-0.39, 0.29) is 6.54 Å². The van der Waals surface area contributed by atoms with Crippen molar-refractivity contribution in [3.8, 4) is 11.3 Å². The van der Waals surface area contributed by atoms with Gasteiger partial charge in [0, 0.05) is 30.6 Å². The number of anilines is 1. The lowest BCUT2D eigenvalue weighted by molar-refractivity contribution is -0.132. The average molecular weight is 315 g/mol. The molecule has 0 saturated carbocycles. The van der Waals surface area contributed by atoms with Crippen molar-refractivity contribution in [1.29, 1.82) is 0 Å². The van der Waals surface area contributed by atoms with Crippen LogP contribution in [-0.4, -0.2) is 24.8 Å². The average Bonchev–Trinajstić information content (AvgIpc) is 2.89. The molecule has 21 heavy (non-hydrogen) atoms. The molecule has 1 aromatic carbocycles. The van der Waals surface area contributed by atoms with E-state index >= 15 is 0 Å². The van der Waals surface area contributed by atoms with Gasteiger partial charge in [-0.2, -0.15) is 13.2 Å². The molecular formula is C14H16F3N3S. The van der Waals surface area contributed by atoms with Crippen molar-refractivity contribution in [1.82, 2.24) is 4.98 Å². The van der Waals surface area contributed by atoms with Crippen molar-refractivity contribution < 1.29 is 13.2 Å². The van der Waals surface area contributed by atoms with Gasteiger partial charge in [-0.25, -0.2) is 4.98 Å². The number of nitrogens with zero attached hydrogens (tertiary/aromatic N) is 2. The van der Waals surface area contributed by atoms with Gasteiger partial charge in [0.25, 0.3) is 0 Å². The highest BCUT2D eigenvalue weighted by atomic mass is 32.1. The first-order chi connectivity index (χ1) is 9.90. The van der Waals surface area contributed by atoms with E-state index in [1.807, 2.05) is 30.3 Å². The Hall–Kier alpha value is -1.60. The summed E-state index contributed by atoms with van der Waals surface area (Å²) in [5.41, 5.74) is 7.38. The Kier molecular flexibility index (Phi) is 4.84. The number of aromatic nitrogens is 1. The number of nitrogens with two attached hydrogens (primary N) is 1. The maximum absolute atomic E-state index is 12.3. The minimum Gasteiger partial charge on any atom is -0.351 e. The van der Waals surface area contributed by atoms with Gasteiger partial charge in [-0.3, -0.25) is 0 Å². The molecule has 0 fully saturated rings. The van der Waals surface area contributed by atoms with Crippen LogP contribution in [0.4, 0.5) is 18.3 Å². The van der Waals surface area contributed by atoms with Crippen LogP contribution in [0, 0.1) is 0 Å². The van der Waals surface area contributed by atoms with E-state index in [0.29, 0.717) is 11.7 Å². The molecule has 0 atom stereocenters. The van der Waals surface area contributed by atoms with Crippen molar-refractivity contribution in [3.05, 3.63) is 35.2 Å². The summed E-state index contributed by atoms with van der Waals surface area (Å²) in [6.45, 7) is 0.199. The second-order valence-electron chi connectivity index (χ2n) is 4.63. The van der Waals surface area contributed by atoms with Crippen molar-refractivity contribution in [3.63, 3.8) is 0 Å². The topological polar surface area (TPSA) is 42.2 Å². The van der Waals surface area contributed by atoms with Gasteiger partial charge in [-0.05, 0) is 0 Å². The molecule has 7 heteroatoms. The third kappa shape index (κ3) is 4.18. The molecule has 114 valence electrons. The summed E-state index contributed by atoms with van der Waals surface area (Å²) in [4.78, 5) is 6.84. The number of rotatable bonds is 5. The third-order valence-electron chi connectivity index (χ3n) is 2.98. The molecule has 3 nitrogen and oxygen atoms in total. The van der Waals surface area contributed by atoms with Gasteiger partial charge in [0.2, 0.25) is 0 Å². The van der Waals surface area contributed by atoms with E-state index < -0.39 is 12.6 Å². The van der Waals surface area contributed by atoms with Crippen LogP contribution in [0.3, 0.4) is 0 Å². The summed E-state index contributed by atoms with van der Waals surface area (Å²) >= 11 is 1.34. The number of hydrogen-bond donors (Lipinski definition) is 1. The minimum absolute atomic E-state index is 0.116. The van der Waals surface area contributed by atoms with E-state index in [0.717, 1.165) is 16.1 Å². The fourth-order valence-electron chi connectivity index (χ4n) is 1.85. The summed E-state index contributed by atoms with van der Waals surface area (Å²) in [5.74, 6) is 0. The number of hydrogen-bond acceptors (Lipinski definition) is 4. The van der Waals surface area contributed by atoms with Crippen molar-refractivity contribution >= 4 is 16.5 Å². The maximum Gasteiger partial charge on any atom is 0.390 e. The second-order valence-corrected chi connectivity index (χ2v) is 5.69. The highest BCUT2D eigenvalue weighted by molar-refractivity contribution is 7.16. The standard InChI is InChI=1S/C14H16F3N3S/c1-20(8-7-14(15,16)17)13-19-12(11(9-18)21-13)10-5-3-2-4-6-10/h2-6H,7-9,18H2,1H3. The molecule has 0 spiro atoms. The maximum atomic E-state index is 12.3. The van der Waals surface area contributed by atoms with Gasteiger partial charge in [0.15, 0.2) is 5.13 Å². The first-order valence-corrected chi connectivity index (χ1v) is 7.25. The lowest BCUT2D eigenvalue weighted by atomic mass is 10.1. The van der Waals surface area contributed by atoms with Gasteiger partial charge in [-0.15, -0.1) is 0 Å². The van der Waals surface area contributed by atoms with Crippen LogP contribution in [-0.2, 0) is 6.54 Å². The van der Waals surface area contributed by atoms with E-state index in [2.05, 4.69) is 4.98 Å². The number of halogens is 3. The number of alkyl halides is 3. The molecule has 0 unspecified atom stereocenters. The zero-order valence-corrected chi connectivity index (χ0v) is 12.3. The monoisotopic (exact) mass is 315 g/mol. The van der Waals surface area contributed by atoms with Crippen molar-refractivity contribution in [2.24, 2.45) is 5.73 Å². The molecule has 0 aliphatic rings. The lowest BCUT2D eigenvalue weighted by Crippen LogP contribution is -2.23.